The highest BCUT2D eigenvalue weighted by Gasteiger charge is 2.58. The predicted molar refractivity (Wildman–Crippen MR) is 88.4 cm³/mol. The third-order valence-electron chi connectivity index (χ3n) is 7.21. The highest BCUT2D eigenvalue weighted by Crippen LogP contribution is 2.61. The number of hydrogen-bond donors (Lipinski definition) is 0. The van der Waals surface area contributed by atoms with Crippen LogP contribution in [0, 0.1) is 28.1 Å². The first kappa shape index (κ1) is 15.7. The van der Waals surface area contributed by atoms with Crippen LogP contribution in [0.4, 0.5) is 0 Å². The molecular formula is C20H28O2. The van der Waals surface area contributed by atoms with Crippen LogP contribution < -0.4 is 0 Å². The Balaban J connectivity index is 2.04. The van der Waals surface area contributed by atoms with Gasteiger partial charge in [0.1, 0.15) is 5.78 Å². The Kier molecular flexibility index (Phi) is 3.33. The van der Waals surface area contributed by atoms with E-state index < -0.39 is 5.41 Å². The summed E-state index contributed by atoms with van der Waals surface area (Å²) in [6.07, 6.45) is 8.36. The van der Waals surface area contributed by atoms with E-state index in [2.05, 4.69) is 33.4 Å². The molecule has 0 spiro atoms. The van der Waals surface area contributed by atoms with Gasteiger partial charge in [-0.15, -0.1) is 6.58 Å². The van der Waals surface area contributed by atoms with Crippen molar-refractivity contribution in [1.29, 1.82) is 0 Å². The molecule has 2 heteroatoms. The molecule has 0 amide bonds. The van der Waals surface area contributed by atoms with Crippen molar-refractivity contribution in [2.24, 2.45) is 28.1 Å². The van der Waals surface area contributed by atoms with Gasteiger partial charge in [-0.05, 0) is 55.4 Å². The number of rotatable bonds is 1. The van der Waals surface area contributed by atoms with E-state index in [0.717, 1.165) is 31.3 Å². The molecule has 0 unspecified atom stereocenters. The van der Waals surface area contributed by atoms with Crippen molar-refractivity contribution < 1.29 is 9.59 Å². The zero-order valence-electron chi connectivity index (χ0n) is 14.4. The van der Waals surface area contributed by atoms with Gasteiger partial charge in [-0.2, -0.15) is 0 Å². The molecule has 2 saturated carbocycles. The van der Waals surface area contributed by atoms with Crippen molar-refractivity contribution in [2.45, 2.75) is 59.8 Å². The van der Waals surface area contributed by atoms with Gasteiger partial charge in [0.2, 0.25) is 0 Å². The van der Waals surface area contributed by atoms with Crippen molar-refractivity contribution in [3.63, 3.8) is 0 Å². The van der Waals surface area contributed by atoms with Crippen molar-refractivity contribution in [3.8, 4) is 0 Å². The van der Waals surface area contributed by atoms with E-state index in [1.807, 2.05) is 13.0 Å². The SMILES string of the molecule is C=C[C@@]1(C)CC[C@H]2C(=CC[C@H]3C(C)(C)C(=O)CC[C@]23C)C1=O. The largest absolute Gasteiger partial charge is 0.299 e. The first-order valence-electron chi connectivity index (χ1n) is 8.58. The second-order valence-corrected chi connectivity index (χ2v) is 8.64. The van der Waals surface area contributed by atoms with Crippen molar-refractivity contribution in [3.05, 3.63) is 24.3 Å². The van der Waals surface area contributed by atoms with Crippen LogP contribution in [0.3, 0.4) is 0 Å². The Morgan fingerprint density at radius 3 is 2.50 bits per heavy atom. The lowest BCUT2D eigenvalue weighted by Gasteiger charge is -2.57. The number of carbonyl (C=O) groups excluding carboxylic acids is 2. The van der Waals surface area contributed by atoms with Crippen LogP contribution in [-0.4, -0.2) is 11.6 Å². The van der Waals surface area contributed by atoms with E-state index in [1.54, 1.807) is 0 Å². The number of allylic oxidation sites excluding steroid dienone is 3. The Morgan fingerprint density at radius 2 is 1.86 bits per heavy atom. The summed E-state index contributed by atoms with van der Waals surface area (Å²) in [5, 5.41) is 0. The van der Waals surface area contributed by atoms with Gasteiger partial charge in [0.25, 0.3) is 0 Å². The average Bonchev–Trinajstić information content (AvgIpc) is 2.47. The molecular weight excluding hydrogens is 272 g/mol. The summed E-state index contributed by atoms with van der Waals surface area (Å²) in [5.41, 5.74) is 0.445. The zero-order chi connectivity index (χ0) is 16.3. The summed E-state index contributed by atoms with van der Waals surface area (Å²) in [5.74, 6) is 1.34. The molecule has 3 aliphatic rings. The minimum absolute atomic E-state index is 0.0830. The van der Waals surface area contributed by atoms with E-state index in [1.165, 1.54) is 0 Å². The maximum Gasteiger partial charge on any atom is 0.168 e. The number of ketones is 2. The maximum absolute atomic E-state index is 12.9. The minimum Gasteiger partial charge on any atom is -0.299 e. The average molecular weight is 300 g/mol. The minimum atomic E-state index is -0.397. The van der Waals surface area contributed by atoms with Crippen molar-refractivity contribution in [2.75, 3.05) is 0 Å². The molecule has 0 saturated heterocycles. The summed E-state index contributed by atoms with van der Waals surface area (Å²) < 4.78 is 0. The van der Waals surface area contributed by atoms with Crippen LogP contribution in [0.5, 0.6) is 0 Å². The monoisotopic (exact) mass is 300 g/mol. The fraction of sp³-hybridized carbons (Fsp3) is 0.700. The highest BCUT2D eigenvalue weighted by atomic mass is 16.1. The molecule has 0 aromatic rings. The Labute approximate surface area is 134 Å². The molecule has 0 aromatic carbocycles. The molecule has 0 aromatic heterocycles. The van der Waals surface area contributed by atoms with Crippen molar-refractivity contribution in [1.82, 2.24) is 0 Å². The lowest BCUT2D eigenvalue weighted by molar-refractivity contribution is -0.145. The van der Waals surface area contributed by atoms with E-state index >= 15 is 0 Å². The Bertz CT molecular complexity index is 583. The summed E-state index contributed by atoms with van der Waals surface area (Å²) in [6.45, 7) is 12.4. The van der Waals surface area contributed by atoms with E-state index in [9.17, 15) is 9.59 Å². The normalized spacial score (nSPS) is 43.9. The predicted octanol–water partition coefficient (Wildman–Crippen LogP) is 4.50. The summed E-state index contributed by atoms with van der Waals surface area (Å²) in [7, 11) is 0. The molecule has 0 aliphatic heterocycles. The van der Waals surface area contributed by atoms with E-state index in [0.29, 0.717) is 24.0 Å². The van der Waals surface area contributed by atoms with Gasteiger partial charge in [0.15, 0.2) is 5.78 Å². The number of carbonyl (C=O) groups is 2. The lowest BCUT2D eigenvalue weighted by Crippen LogP contribution is -2.55. The van der Waals surface area contributed by atoms with E-state index in [-0.39, 0.29) is 16.6 Å². The van der Waals surface area contributed by atoms with Gasteiger partial charge in [-0.3, -0.25) is 9.59 Å². The molecule has 3 aliphatic carbocycles. The first-order chi connectivity index (χ1) is 10.2. The van der Waals surface area contributed by atoms with Crippen LogP contribution in [0.25, 0.3) is 0 Å². The standard InChI is InChI=1S/C20H28O2/c1-6-19(4)11-9-14-13(17(19)22)7-8-15-18(2,3)16(21)10-12-20(14,15)5/h6-7,14-15H,1,8-12H2,2-5H3/t14-,15-,19-,20+/m0/s1. The molecule has 0 bridgehead atoms. The third kappa shape index (κ3) is 1.85. The number of hydrogen-bond acceptors (Lipinski definition) is 2. The molecule has 22 heavy (non-hydrogen) atoms. The smallest absolute Gasteiger partial charge is 0.168 e. The molecule has 2 fully saturated rings. The first-order valence-corrected chi connectivity index (χ1v) is 8.58. The van der Waals surface area contributed by atoms with Gasteiger partial charge >= 0.3 is 0 Å². The van der Waals surface area contributed by atoms with Gasteiger partial charge < -0.3 is 0 Å². The summed E-state index contributed by atoms with van der Waals surface area (Å²) >= 11 is 0. The van der Waals surface area contributed by atoms with Gasteiger partial charge in [-0.1, -0.05) is 32.9 Å². The molecule has 0 heterocycles. The summed E-state index contributed by atoms with van der Waals surface area (Å²) in [4.78, 5) is 25.3. The molecule has 3 rings (SSSR count). The van der Waals surface area contributed by atoms with Crippen LogP contribution in [0.1, 0.15) is 59.8 Å². The quantitative estimate of drug-likeness (QED) is 0.668. The van der Waals surface area contributed by atoms with Gasteiger partial charge in [0, 0.05) is 17.3 Å². The zero-order valence-corrected chi connectivity index (χ0v) is 14.4. The van der Waals surface area contributed by atoms with Gasteiger partial charge in [0.05, 0.1) is 0 Å². The second kappa shape index (κ2) is 4.66. The molecule has 4 atom stereocenters. The molecule has 0 N–H and O–H groups in total. The Hall–Kier alpha value is -1.18. The number of Topliss-reactive ketones (excluding diaryl/α,β-unsaturated/α-hetero) is 2. The van der Waals surface area contributed by atoms with Crippen LogP contribution in [0.15, 0.2) is 24.3 Å². The topological polar surface area (TPSA) is 34.1 Å². The molecule has 0 radical (unpaired) electrons. The van der Waals surface area contributed by atoms with Crippen LogP contribution >= 0.6 is 0 Å². The van der Waals surface area contributed by atoms with E-state index in [4.69, 9.17) is 0 Å². The maximum atomic E-state index is 12.9. The molecule has 2 nitrogen and oxygen atoms in total. The third-order valence-corrected chi connectivity index (χ3v) is 7.21. The highest BCUT2D eigenvalue weighted by molar-refractivity contribution is 6.02. The fourth-order valence-electron chi connectivity index (χ4n) is 5.44. The van der Waals surface area contributed by atoms with Crippen LogP contribution in [-0.2, 0) is 9.59 Å². The number of fused-ring (bicyclic) bond motifs is 3. The van der Waals surface area contributed by atoms with Crippen molar-refractivity contribution >= 4 is 11.6 Å². The van der Waals surface area contributed by atoms with Crippen LogP contribution in [0.2, 0.25) is 0 Å². The Morgan fingerprint density at radius 1 is 1.18 bits per heavy atom. The lowest BCUT2D eigenvalue weighted by atomic mass is 9.45. The molecule has 120 valence electrons. The van der Waals surface area contributed by atoms with Gasteiger partial charge in [-0.25, -0.2) is 0 Å². The summed E-state index contributed by atoms with van der Waals surface area (Å²) in [6, 6.07) is 0. The second-order valence-electron chi connectivity index (χ2n) is 8.64. The fourth-order valence-corrected chi connectivity index (χ4v) is 5.44.